The molecule has 0 aliphatic carbocycles. The molecule has 9 nitrogen and oxygen atoms in total. The van der Waals surface area contributed by atoms with E-state index in [1.165, 1.54) is 33.0 Å². The van der Waals surface area contributed by atoms with Crippen molar-refractivity contribution in [2.45, 2.75) is 44.5 Å². The Kier molecular flexibility index (Phi) is 7.62. The van der Waals surface area contributed by atoms with Gasteiger partial charge >= 0.3 is 17.9 Å². The minimum absolute atomic E-state index is 0.164. The highest BCUT2D eigenvalue weighted by Gasteiger charge is 2.48. The molecule has 2 aromatic heterocycles. The number of halogens is 1. The SMILES string of the molecule is CC(=O)O[C@@H]1[C@@H](OC(C)=O)[C@@H](Oc2cc(-c3cccnc3)cnc2F)SC[C@H]1OC(C)=O. The van der Waals surface area contributed by atoms with E-state index in [2.05, 4.69) is 9.97 Å². The lowest BCUT2D eigenvalue weighted by Crippen LogP contribution is -2.55. The maximum atomic E-state index is 14.5. The number of ether oxygens (including phenoxy) is 4. The molecule has 170 valence electrons. The summed E-state index contributed by atoms with van der Waals surface area (Å²) in [6, 6.07) is 4.96. The molecule has 0 N–H and O–H groups in total. The van der Waals surface area contributed by atoms with Crippen LogP contribution in [0.15, 0.2) is 36.8 Å². The van der Waals surface area contributed by atoms with E-state index in [1.54, 1.807) is 24.5 Å². The van der Waals surface area contributed by atoms with E-state index in [4.69, 9.17) is 18.9 Å². The van der Waals surface area contributed by atoms with Gasteiger partial charge in [0, 0.05) is 56.2 Å². The summed E-state index contributed by atoms with van der Waals surface area (Å²) in [5.41, 5.74) is 0.301. The molecule has 1 saturated heterocycles. The Morgan fingerprint density at radius 2 is 1.69 bits per heavy atom. The van der Waals surface area contributed by atoms with Crippen molar-refractivity contribution in [1.29, 1.82) is 0 Å². The number of nitrogens with zero attached hydrogens (tertiary/aromatic N) is 2. The number of hydrogen-bond acceptors (Lipinski definition) is 10. The fourth-order valence-electron chi connectivity index (χ4n) is 3.14. The summed E-state index contributed by atoms with van der Waals surface area (Å²) < 4.78 is 36.2. The number of rotatable bonds is 6. The van der Waals surface area contributed by atoms with E-state index in [9.17, 15) is 18.8 Å². The first-order valence-electron chi connectivity index (χ1n) is 9.60. The minimum Gasteiger partial charge on any atom is -0.471 e. The molecule has 0 amide bonds. The lowest BCUT2D eigenvalue weighted by Gasteiger charge is -2.39. The van der Waals surface area contributed by atoms with Crippen LogP contribution >= 0.6 is 11.8 Å². The summed E-state index contributed by atoms with van der Waals surface area (Å²) in [5, 5.41) is 0. The molecular formula is C21H21FN2O7S. The van der Waals surface area contributed by atoms with Crippen molar-refractivity contribution in [3.05, 3.63) is 42.7 Å². The third-order valence-corrected chi connectivity index (χ3v) is 5.56. The molecule has 3 rings (SSSR count). The first kappa shape index (κ1) is 23.5. The van der Waals surface area contributed by atoms with E-state index < -0.39 is 47.6 Å². The molecule has 11 heteroatoms. The van der Waals surface area contributed by atoms with Gasteiger partial charge in [-0.2, -0.15) is 4.39 Å². The Hall–Kier alpha value is -3.21. The minimum atomic E-state index is -1.17. The number of pyridine rings is 2. The largest absolute Gasteiger partial charge is 0.471 e. The average Bonchev–Trinajstić information content (AvgIpc) is 2.73. The van der Waals surface area contributed by atoms with Gasteiger partial charge in [0.25, 0.3) is 5.95 Å². The first-order chi connectivity index (χ1) is 15.2. The zero-order valence-corrected chi connectivity index (χ0v) is 18.3. The third-order valence-electron chi connectivity index (χ3n) is 4.35. The van der Waals surface area contributed by atoms with Gasteiger partial charge in [0.05, 0.1) is 0 Å². The molecule has 1 aliphatic heterocycles. The number of esters is 3. The van der Waals surface area contributed by atoms with Gasteiger partial charge in [0.15, 0.2) is 29.5 Å². The molecule has 32 heavy (non-hydrogen) atoms. The summed E-state index contributed by atoms with van der Waals surface area (Å²) in [6.45, 7) is 3.56. The van der Waals surface area contributed by atoms with Crippen LogP contribution in [0.4, 0.5) is 4.39 Å². The first-order valence-corrected chi connectivity index (χ1v) is 10.7. The van der Waals surface area contributed by atoms with Crippen LogP contribution < -0.4 is 4.74 Å². The summed E-state index contributed by atoms with van der Waals surface area (Å²) >= 11 is 1.12. The second-order valence-corrected chi connectivity index (χ2v) is 8.00. The van der Waals surface area contributed by atoms with Crippen molar-refractivity contribution in [2.24, 2.45) is 0 Å². The van der Waals surface area contributed by atoms with E-state index in [0.717, 1.165) is 11.8 Å². The van der Waals surface area contributed by atoms with E-state index >= 15 is 0 Å². The van der Waals surface area contributed by atoms with Crippen LogP contribution in [-0.4, -0.2) is 57.4 Å². The van der Waals surface area contributed by atoms with Gasteiger partial charge < -0.3 is 18.9 Å². The third kappa shape index (κ3) is 5.94. The van der Waals surface area contributed by atoms with Gasteiger partial charge in [0.1, 0.15) is 0 Å². The molecular weight excluding hydrogens is 443 g/mol. The standard InChI is InChI=1S/C21H21FN2O7S/c1-11(25)28-17-10-32-21(19(30-13(3)27)18(17)29-12(2)26)31-16-7-15(9-24-20(16)22)14-5-4-6-23-8-14/h4-9,17-19,21H,10H2,1-3H3/t17-,18+,19-,21+/m1/s1. The predicted octanol–water partition coefficient (Wildman–Crippen LogP) is 2.53. The number of carbonyl (C=O) groups is 3. The van der Waals surface area contributed by atoms with E-state index in [-0.39, 0.29) is 11.5 Å². The van der Waals surface area contributed by atoms with Crippen molar-refractivity contribution in [2.75, 3.05) is 5.75 Å². The number of thioether (sulfide) groups is 1. The fourth-order valence-corrected chi connectivity index (χ4v) is 4.35. The van der Waals surface area contributed by atoms with Crippen LogP contribution in [0.5, 0.6) is 5.75 Å². The van der Waals surface area contributed by atoms with Crippen molar-refractivity contribution in [3.8, 4) is 16.9 Å². The van der Waals surface area contributed by atoms with Crippen LogP contribution in [0.3, 0.4) is 0 Å². The average molecular weight is 464 g/mol. The van der Waals surface area contributed by atoms with Gasteiger partial charge in [-0.15, -0.1) is 11.8 Å². The maximum Gasteiger partial charge on any atom is 0.303 e. The molecule has 0 unspecified atom stereocenters. The molecule has 4 atom stereocenters. The van der Waals surface area contributed by atoms with E-state index in [0.29, 0.717) is 11.1 Å². The van der Waals surface area contributed by atoms with Crippen LogP contribution in [-0.2, 0) is 28.6 Å². The van der Waals surface area contributed by atoms with Crippen molar-refractivity contribution >= 4 is 29.7 Å². The lowest BCUT2D eigenvalue weighted by molar-refractivity contribution is -0.186. The zero-order valence-electron chi connectivity index (χ0n) is 17.5. The van der Waals surface area contributed by atoms with Crippen molar-refractivity contribution in [1.82, 2.24) is 9.97 Å². The predicted molar refractivity (Wildman–Crippen MR) is 111 cm³/mol. The molecule has 1 aliphatic rings. The summed E-state index contributed by atoms with van der Waals surface area (Å²) in [4.78, 5) is 42.7. The summed E-state index contributed by atoms with van der Waals surface area (Å²) in [5.74, 6) is -2.82. The molecule has 0 bridgehead atoms. The Morgan fingerprint density at radius 1 is 1.00 bits per heavy atom. The molecule has 2 aromatic rings. The highest BCUT2D eigenvalue weighted by Crippen LogP contribution is 2.35. The van der Waals surface area contributed by atoms with Gasteiger partial charge in [-0.05, 0) is 12.1 Å². The van der Waals surface area contributed by atoms with Crippen LogP contribution in [0.25, 0.3) is 11.1 Å². The second-order valence-electron chi connectivity index (χ2n) is 6.87. The second kappa shape index (κ2) is 10.4. The van der Waals surface area contributed by atoms with Crippen molar-refractivity contribution < 1.29 is 37.7 Å². The molecule has 1 fully saturated rings. The smallest absolute Gasteiger partial charge is 0.303 e. The molecule has 0 saturated carbocycles. The summed E-state index contributed by atoms with van der Waals surface area (Å²) in [7, 11) is 0. The molecule has 0 spiro atoms. The van der Waals surface area contributed by atoms with Crippen LogP contribution in [0.2, 0.25) is 0 Å². The Bertz CT molecular complexity index is 991. The highest BCUT2D eigenvalue weighted by atomic mass is 32.2. The van der Waals surface area contributed by atoms with Crippen molar-refractivity contribution in [3.63, 3.8) is 0 Å². The van der Waals surface area contributed by atoms with Gasteiger partial charge in [0.2, 0.25) is 0 Å². The monoisotopic (exact) mass is 464 g/mol. The summed E-state index contributed by atoms with van der Waals surface area (Å²) in [6.07, 6.45) is 1.36. The quantitative estimate of drug-likeness (QED) is 0.359. The highest BCUT2D eigenvalue weighted by molar-refractivity contribution is 7.99. The van der Waals surface area contributed by atoms with E-state index in [1.807, 2.05) is 0 Å². The van der Waals surface area contributed by atoms with Gasteiger partial charge in [-0.1, -0.05) is 6.07 Å². The zero-order chi connectivity index (χ0) is 23.3. The number of aromatic nitrogens is 2. The molecule has 0 radical (unpaired) electrons. The van der Waals surface area contributed by atoms with Gasteiger partial charge in [-0.3, -0.25) is 19.4 Å². The Labute approximate surface area is 187 Å². The molecule has 3 heterocycles. The number of carbonyl (C=O) groups excluding carboxylic acids is 3. The normalized spacial score (nSPS) is 22.5. The topological polar surface area (TPSA) is 114 Å². The molecule has 0 aromatic carbocycles. The van der Waals surface area contributed by atoms with Gasteiger partial charge in [-0.25, -0.2) is 4.98 Å². The fraction of sp³-hybridized carbons (Fsp3) is 0.381. The van der Waals surface area contributed by atoms with Crippen LogP contribution in [0.1, 0.15) is 20.8 Å². The number of hydrogen-bond donors (Lipinski definition) is 0. The van der Waals surface area contributed by atoms with Crippen LogP contribution in [0, 0.1) is 5.95 Å². The lowest BCUT2D eigenvalue weighted by atomic mass is 10.1. The Balaban J connectivity index is 1.91. The maximum absolute atomic E-state index is 14.5. The Morgan fingerprint density at radius 3 is 2.31 bits per heavy atom.